The van der Waals surface area contributed by atoms with Gasteiger partial charge >= 0.3 is 0 Å². The molecule has 0 saturated heterocycles. The zero-order valence-electron chi connectivity index (χ0n) is 16.2. The van der Waals surface area contributed by atoms with Gasteiger partial charge in [-0.2, -0.15) is 9.41 Å². The molecule has 1 heterocycles. The third-order valence-corrected chi connectivity index (χ3v) is 6.70. The number of amides is 1. The number of pyridine rings is 1. The molecule has 0 spiro atoms. The third kappa shape index (κ3) is 6.70. The second-order valence-electron chi connectivity index (χ2n) is 6.40. The molecule has 0 bridgehead atoms. The fourth-order valence-corrected chi connectivity index (χ4v) is 4.37. The molecular formula is C21H18BrClN4O3S. The van der Waals surface area contributed by atoms with Crippen molar-refractivity contribution in [1.82, 2.24) is 14.7 Å². The second kappa shape index (κ2) is 10.6. The number of hydrogen-bond donors (Lipinski definition) is 1. The Labute approximate surface area is 193 Å². The molecule has 10 heteroatoms. The van der Waals surface area contributed by atoms with Crippen molar-refractivity contribution in [3.8, 4) is 0 Å². The van der Waals surface area contributed by atoms with Crippen LogP contribution >= 0.6 is 27.5 Å². The van der Waals surface area contributed by atoms with E-state index in [1.54, 1.807) is 48.7 Å². The van der Waals surface area contributed by atoms with E-state index in [1.807, 2.05) is 0 Å². The van der Waals surface area contributed by atoms with E-state index >= 15 is 0 Å². The Kier molecular flexibility index (Phi) is 7.91. The van der Waals surface area contributed by atoms with E-state index in [0.717, 1.165) is 14.3 Å². The number of sulfonamides is 1. The molecule has 0 saturated carbocycles. The van der Waals surface area contributed by atoms with E-state index in [2.05, 4.69) is 31.4 Å². The SMILES string of the molecule is O=C(CN(Cc1ccc(Br)cc1)S(=O)(=O)c1ccc(Cl)cc1)N/N=C\c1ccccn1. The molecule has 1 aromatic heterocycles. The maximum Gasteiger partial charge on any atom is 0.255 e. The van der Waals surface area contributed by atoms with Crippen molar-refractivity contribution in [2.75, 3.05) is 6.54 Å². The van der Waals surface area contributed by atoms with Crippen LogP contribution in [0, 0.1) is 0 Å². The first-order chi connectivity index (χ1) is 14.8. The van der Waals surface area contributed by atoms with E-state index in [9.17, 15) is 13.2 Å². The lowest BCUT2D eigenvalue weighted by molar-refractivity contribution is -0.121. The smallest absolute Gasteiger partial charge is 0.255 e. The molecule has 2 aromatic carbocycles. The van der Waals surface area contributed by atoms with Crippen molar-refractivity contribution in [3.05, 3.63) is 93.7 Å². The van der Waals surface area contributed by atoms with Crippen molar-refractivity contribution < 1.29 is 13.2 Å². The van der Waals surface area contributed by atoms with E-state index in [-0.39, 0.29) is 11.4 Å². The lowest BCUT2D eigenvalue weighted by Crippen LogP contribution is -2.39. The number of carbonyl (C=O) groups excluding carboxylic acids is 1. The maximum absolute atomic E-state index is 13.2. The van der Waals surface area contributed by atoms with Gasteiger partial charge in [0.2, 0.25) is 10.0 Å². The van der Waals surface area contributed by atoms with Crippen molar-refractivity contribution in [3.63, 3.8) is 0 Å². The summed E-state index contributed by atoms with van der Waals surface area (Å²) in [4.78, 5) is 16.5. The fourth-order valence-electron chi connectivity index (χ4n) is 2.59. The highest BCUT2D eigenvalue weighted by Gasteiger charge is 2.27. The number of carbonyl (C=O) groups is 1. The van der Waals surface area contributed by atoms with E-state index in [1.165, 1.54) is 30.5 Å². The van der Waals surface area contributed by atoms with Crippen molar-refractivity contribution in [1.29, 1.82) is 0 Å². The van der Waals surface area contributed by atoms with Crippen LogP contribution in [-0.4, -0.2) is 36.4 Å². The molecule has 3 rings (SSSR count). The third-order valence-electron chi connectivity index (χ3n) is 4.12. The Morgan fingerprint density at radius 3 is 2.45 bits per heavy atom. The Morgan fingerprint density at radius 1 is 1.10 bits per heavy atom. The Hall–Kier alpha value is -2.59. The fraction of sp³-hybridized carbons (Fsp3) is 0.0952. The van der Waals surface area contributed by atoms with Crippen LogP contribution in [0.4, 0.5) is 0 Å². The molecule has 1 N–H and O–H groups in total. The molecule has 0 aliphatic rings. The van der Waals surface area contributed by atoms with Gasteiger partial charge in [0, 0.05) is 22.2 Å². The summed E-state index contributed by atoms with van der Waals surface area (Å²) in [7, 11) is -3.96. The second-order valence-corrected chi connectivity index (χ2v) is 9.69. The number of halogens is 2. The number of benzene rings is 2. The topological polar surface area (TPSA) is 91.7 Å². The summed E-state index contributed by atoms with van der Waals surface area (Å²) in [6, 6.07) is 18.2. The van der Waals surface area contributed by atoms with Crippen LogP contribution in [0.2, 0.25) is 5.02 Å². The molecule has 31 heavy (non-hydrogen) atoms. The summed E-state index contributed by atoms with van der Waals surface area (Å²) in [6.07, 6.45) is 2.98. The van der Waals surface area contributed by atoms with Gasteiger partial charge in [-0.1, -0.05) is 45.7 Å². The first-order valence-corrected chi connectivity index (χ1v) is 11.7. The number of hydrazone groups is 1. The largest absolute Gasteiger partial charge is 0.272 e. The summed E-state index contributed by atoms with van der Waals surface area (Å²) in [6.45, 7) is -0.407. The first-order valence-electron chi connectivity index (χ1n) is 9.08. The van der Waals surface area contributed by atoms with Crippen molar-refractivity contribution >= 4 is 49.7 Å². The van der Waals surface area contributed by atoms with Gasteiger partial charge in [-0.05, 0) is 54.1 Å². The van der Waals surface area contributed by atoms with Crippen molar-refractivity contribution in [2.45, 2.75) is 11.4 Å². The maximum atomic E-state index is 13.2. The number of nitrogens with one attached hydrogen (secondary N) is 1. The summed E-state index contributed by atoms with van der Waals surface area (Å²) < 4.78 is 28.3. The minimum absolute atomic E-state index is 0.00954. The van der Waals surface area contributed by atoms with Gasteiger partial charge in [0.05, 0.1) is 23.3 Å². The van der Waals surface area contributed by atoms with Crippen LogP contribution in [0.25, 0.3) is 0 Å². The van der Waals surface area contributed by atoms with E-state index in [4.69, 9.17) is 11.6 Å². The predicted octanol–water partition coefficient (Wildman–Crippen LogP) is 3.84. The molecule has 7 nitrogen and oxygen atoms in total. The molecule has 160 valence electrons. The Balaban J connectivity index is 1.79. The highest BCUT2D eigenvalue weighted by atomic mass is 79.9. The molecule has 0 fully saturated rings. The predicted molar refractivity (Wildman–Crippen MR) is 123 cm³/mol. The number of nitrogens with zero attached hydrogens (tertiary/aromatic N) is 3. The van der Waals surface area contributed by atoms with Crippen LogP contribution < -0.4 is 5.43 Å². The highest BCUT2D eigenvalue weighted by molar-refractivity contribution is 9.10. The Morgan fingerprint density at radius 2 is 1.81 bits per heavy atom. The van der Waals surface area contributed by atoms with E-state index < -0.39 is 22.5 Å². The average molecular weight is 522 g/mol. The monoisotopic (exact) mass is 520 g/mol. The molecular weight excluding hydrogens is 504 g/mol. The number of hydrogen-bond acceptors (Lipinski definition) is 5. The average Bonchev–Trinajstić information content (AvgIpc) is 2.76. The lowest BCUT2D eigenvalue weighted by atomic mass is 10.2. The molecule has 0 unspecified atom stereocenters. The normalized spacial score (nSPS) is 11.7. The van der Waals surface area contributed by atoms with Gasteiger partial charge in [0.15, 0.2) is 0 Å². The van der Waals surface area contributed by atoms with Crippen LogP contribution in [-0.2, 0) is 21.4 Å². The minimum Gasteiger partial charge on any atom is -0.272 e. The highest BCUT2D eigenvalue weighted by Crippen LogP contribution is 2.21. The van der Waals surface area contributed by atoms with Crippen LogP contribution in [0.5, 0.6) is 0 Å². The van der Waals surface area contributed by atoms with Gasteiger partial charge in [0.1, 0.15) is 0 Å². The van der Waals surface area contributed by atoms with Crippen molar-refractivity contribution in [2.24, 2.45) is 5.10 Å². The lowest BCUT2D eigenvalue weighted by Gasteiger charge is -2.21. The summed E-state index contributed by atoms with van der Waals surface area (Å²) in [5.74, 6) is -0.582. The first kappa shape index (κ1) is 23.1. The molecule has 0 atom stereocenters. The quantitative estimate of drug-likeness (QED) is 0.360. The molecule has 3 aromatic rings. The van der Waals surface area contributed by atoms with Crippen LogP contribution in [0.15, 0.2) is 87.4 Å². The standard InChI is InChI=1S/C21H18BrClN4O3S/c22-17-6-4-16(5-7-17)14-27(31(29,30)20-10-8-18(23)9-11-20)15-21(28)26-25-13-19-3-1-2-12-24-19/h1-13H,14-15H2,(H,26,28)/b25-13-. The molecule has 1 amide bonds. The zero-order valence-corrected chi connectivity index (χ0v) is 19.3. The molecule has 0 aliphatic heterocycles. The Bertz CT molecular complexity index is 1160. The van der Waals surface area contributed by atoms with Gasteiger partial charge < -0.3 is 0 Å². The van der Waals surface area contributed by atoms with Crippen LogP contribution in [0.3, 0.4) is 0 Å². The number of aromatic nitrogens is 1. The van der Waals surface area contributed by atoms with Gasteiger partial charge in [-0.3, -0.25) is 9.78 Å². The van der Waals surface area contributed by atoms with Gasteiger partial charge in [-0.15, -0.1) is 0 Å². The van der Waals surface area contributed by atoms with Crippen LogP contribution in [0.1, 0.15) is 11.3 Å². The summed E-state index contributed by atoms with van der Waals surface area (Å²) >= 11 is 9.23. The molecule has 0 radical (unpaired) electrons. The number of rotatable bonds is 8. The van der Waals surface area contributed by atoms with E-state index in [0.29, 0.717) is 10.7 Å². The minimum atomic E-state index is -3.96. The zero-order chi connectivity index (χ0) is 22.3. The van der Waals surface area contributed by atoms with Gasteiger partial charge in [-0.25, -0.2) is 13.8 Å². The van der Waals surface area contributed by atoms with Gasteiger partial charge in [0.25, 0.3) is 5.91 Å². The summed E-state index contributed by atoms with van der Waals surface area (Å²) in [5, 5.41) is 4.26. The molecule has 0 aliphatic carbocycles. The summed E-state index contributed by atoms with van der Waals surface area (Å²) in [5.41, 5.74) is 3.63.